The molecular weight excluding hydrogens is 357 g/mol. The molecule has 1 aliphatic heterocycles. The van der Waals surface area contributed by atoms with Crippen LogP contribution in [0.15, 0.2) is 18.2 Å². The highest BCUT2D eigenvalue weighted by Gasteiger charge is 2.30. The van der Waals surface area contributed by atoms with Crippen LogP contribution in [0.3, 0.4) is 0 Å². The van der Waals surface area contributed by atoms with Crippen molar-refractivity contribution in [3.8, 4) is 0 Å². The van der Waals surface area contributed by atoms with E-state index in [2.05, 4.69) is 31.4 Å². The summed E-state index contributed by atoms with van der Waals surface area (Å²) in [5, 5.41) is 6.28. The Morgan fingerprint density at radius 1 is 1.29 bits per heavy atom. The molecule has 2 N–H and O–H groups in total. The first-order valence-electron chi connectivity index (χ1n) is 10.2. The molecule has 28 heavy (non-hydrogen) atoms. The predicted octanol–water partition coefficient (Wildman–Crippen LogP) is 3.16. The van der Waals surface area contributed by atoms with Crippen LogP contribution in [-0.4, -0.2) is 41.4 Å². The van der Waals surface area contributed by atoms with E-state index in [1.54, 1.807) is 13.0 Å². The zero-order valence-electron chi connectivity index (χ0n) is 17.8. The van der Waals surface area contributed by atoms with Crippen LogP contribution in [0.1, 0.15) is 58.1 Å². The fourth-order valence-corrected chi connectivity index (χ4v) is 3.47. The van der Waals surface area contributed by atoms with Crippen LogP contribution >= 0.6 is 0 Å². The lowest BCUT2D eigenvalue weighted by Gasteiger charge is -2.35. The van der Waals surface area contributed by atoms with Gasteiger partial charge < -0.3 is 15.5 Å². The third kappa shape index (κ3) is 6.03. The van der Waals surface area contributed by atoms with Crippen LogP contribution in [0, 0.1) is 18.7 Å². The normalized spacial score (nSPS) is 16.7. The number of nitrogens with one attached hydrogen (secondary N) is 2. The fraction of sp³-hybridized carbons (Fsp3) is 0.636. The molecule has 0 unspecified atom stereocenters. The lowest BCUT2D eigenvalue weighted by molar-refractivity contribution is -0.137. The lowest BCUT2D eigenvalue weighted by Crippen LogP contribution is -2.54. The van der Waals surface area contributed by atoms with E-state index in [-0.39, 0.29) is 35.1 Å². The summed E-state index contributed by atoms with van der Waals surface area (Å²) in [6.07, 6.45) is 2.26. The Balaban J connectivity index is 1.79. The molecule has 1 aromatic rings. The Bertz CT molecular complexity index is 697. The maximum Gasteiger partial charge on any atom is 0.239 e. The minimum atomic E-state index is -0.257. The minimum Gasteiger partial charge on any atom is -0.352 e. The van der Waals surface area contributed by atoms with Crippen LogP contribution in [0.2, 0.25) is 0 Å². The number of carbonyl (C=O) groups excluding carboxylic acids is 2. The molecule has 2 rings (SSSR count). The summed E-state index contributed by atoms with van der Waals surface area (Å²) in [7, 11) is 0. The van der Waals surface area contributed by atoms with E-state index in [4.69, 9.17) is 0 Å². The molecular formula is C22H34FN3O2. The van der Waals surface area contributed by atoms with Crippen LogP contribution in [0.4, 0.5) is 4.39 Å². The highest BCUT2D eigenvalue weighted by atomic mass is 19.1. The Labute approximate surface area is 168 Å². The van der Waals surface area contributed by atoms with E-state index in [0.717, 1.165) is 12.0 Å². The standard InChI is InChI=1S/C22H34FN3O2/c1-6-22(4,5)25-16(3)21(28)26-11-9-18(10-12-26)20(27)24-14-17-8-7-15(2)19(23)13-17/h7-8,13,16,18,25H,6,9-12,14H2,1-5H3,(H,24,27)/t16-/m1/s1. The first-order chi connectivity index (χ1) is 13.1. The molecule has 1 saturated heterocycles. The number of hydrogen-bond acceptors (Lipinski definition) is 3. The summed E-state index contributed by atoms with van der Waals surface area (Å²) in [4.78, 5) is 27.0. The topological polar surface area (TPSA) is 61.4 Å². The van der Waals surface area contributed by atoms with E-state index in [9.17, 15) is 14.0 Å². The molecule has 1 atom stereocenters. The molecule has 1 aliphatic rings. The molecule has 0 radical (unpaired) electrons. The Hall–Kier alpha value is -1.95. The zero-order chi connectivity index (χ0) is 20.9. The van der Waals surface area contributed by atoms with Gasteiger partial charge in [0.2, 0.25) is 11.8 Å². The Morgan fingerprint density at radius 2 is 1.93 bits per heavy atom. The van der Waals surface area contributed by atoms with Crippen LogP contribution in [0.25, 0.3) is 0 Å². The number of likely N-dealkylation sites (tertiary alicyclic amines) is 1. The molecule has 1 aromatic carbocycles. The van der Waals surface area contributed by atoms with Crippen molar-refractivity contribution in [3.05, 3.63) is 35.1 Å². The minimum absolute atomic E-state index is 0.0219. The quantitative estimate of drug-likeness (QED) is 0.751. The van der Waals surface area contributed by atoms with Crippen molar-refractivity contribution in [2.45, 2.75) is 72.0 Å². The SMILES string of the molecule is CCC(C)(C)N[C@H](C)C(=O)N1CCC(C(=O)NCc2ccc(C)c(F)c2)CC1. The number of aryl methyl sites for hydroxylation is 1. The number of hydrogen-bond donors (Lipinski definition) is 2. The van der Waals surface area contributed by atoms with Crippen molar-refractivity contribution >= 4 is 11.8 Å². The first kappa shape index (κ1) is 22.3. The van der Waals surface area contributed by atoms with E-state index in [0.29, 0.717) is 38.0 Å². The molecule has 0 saturated carbocycles. The van der Waals surface area contributed by atoms with E-state index in [1.165, 1.54) is 6.07 Å². The largest absolute Gasteiger partial charge is 0.352 e. The molecule has 2 amide bonds. The highest BCUT2D eigenvalue weighted by molar-refractivity contribution is 5.82. The number of benzene rings is 1. The third-order valence-corrected chi connectivity index (χ3v) is 5.74. The third-order valence-electron chi connectivity index (χ3n) is 5.74. The predicted molar refractivity (Wildman–Crippen MR) is 109 cm³/mol. The monoisotopic (exact) mass is 391 g/mol. The van der Waals surface area contributed by atoms with Gasteiger partial charge in [-0.3, -0.25) is 9.59 Å². The highest BCUT2D eigenvalue weighted by Crippen LogP contribution is 2.19. The van der Waals surface area contributed by atoms with Crippen molar-refractivity contribution < 1.29 is 14.0 Å². The number of rotatable bonds is 7. The van der Waals surface area contributed by atoms with E-state index in [1.807, 2.05) is 17.9 Å². The number of carbonyl (C=O) groups is 2. The second kappa shape index (κ2) is 9.50. The Kier molecular flexibility index (Phi) is 7.58. The molecule has 5 nitrogen and oxygen atoms in total. The summed E-state index contributed by atoms with van der Waals surface area (Å²) in [5.41, 5.74) is 1.27. The summed E-state index contributed by atoms with van der Waals surface area (Å²) < 4.78 is 13.6. The van der Waals surface area contributed by atoms with Crippen molar-refractivity contribution in [2.24, 2.45) is 5.92 Å². The summed E-state index contributed by atoms with van der Waals surface area (Å²) in [6, 6.07) is 4.77. The number of nitrogens with zero attached hydrogens (tertiary/aromatic N) is 1. The van der Waals surface area contributed by atoms with E-state index < -0.39 is 0 Å². The second-order valence-electron chi connectivity index (χ2n) is 8.50. The molecule has 0 spiro atoms. The van der Waals surface area contributed by atoms with Gasteiger partial charge in [0.25, 0.3) is 0 Å². The van der Waals surface area contributed by atoms with Gasteiger partial charge in [-0.1, -0.05) is 19.1 Å². The first-order valence-corrected chi connectivity index (χ1v) is 10.2. The van der Waals surface area contributed by atoms with Crippen molar-refractivity contribution in [3.63, 3.8) is 0 Å². The fourth-order valence-electron chi connectivity index (χ4n) is 3.47. The average Bonchev–Trinajstić information content (AvgIpc) is 2.67. The van der Waals surface area contributed by atoms with Gasteiger partial charge >= 0.3 is 0 Å². The van der Waals surface area contributed by atoms with Gasteiger partial charge in [-0.15, -0.1) is 0 Å². The van der Waals surface area contributed by atoms with Crippen molar-refractivity contribution in [1.82, 2.24) is 15.5 Å². The summed E-state index contributed by atoms with van der Waals surface area (Å²) >= 11 is 0. The van der Waals surface area contributed by atoms with Crippen LogP contribution in [-0.2, 0) is 16.1 Å². The summed E-state index contributed by atoms with van der Waals surface area (Å²) in [5.74, 6) is -0.288. The van der Waals surface area contributed by atoms with Crippen LogP contribution in [0.5, 0.6) is 0 Å². The van der Waals surface area contributed by atoms with Crippen molar-refractivity contribution in [1.29, 1.82) is 0 Å². The second-order valence-corrected chi connectivity index (χ2v) is 8.50. The van der Waals surface area contributed by atoms with Gasteiger partial charge in [0.15, 0.2) is 0 Å². The average molecular weight is 392 g/mol. The van der Waals surface area contributed by atoms with Gasteiger partial charge in [0, 0.05) is 31.1 Å². The maximum absolute atomic E-state index is 13.6. The molecule has 1 heterocycles. The van der Waals surface area contributed by atoms with Crippen LogP contribution < -0.4 is 10.6 Å². The van der Waals surface area contributed by atoms with Gasteiger partial charge in [0.1, 0.15) is 5.82 Å². The molecule has 0 bridgehead atoms. The molecule has 0 aromatic heterocycles. The smallest absolute Gasteiger partial charge is 0.239 e. The van der Waals surface area contributed by atoms with Crippen molar-refractivity contribution in [2.75, 3.05) is 13.1 Å². The maximum atomic E-state index is 13.6. The zero-order valence-corrected chi connectivity index (χ0v) is 17.8. The van der Waals surface area contributed by atoms with Gasteiger partial charge in [-0.2, -0.15) is 0 Å². The molecule has 156 valence electrons. The number of amides is 2. The number of piperidine rings is 1. The molecule has 6 heteroatoms. The van der Waals surface area contributed by atoms with Gasteiger partial charge in [-0.05, 0) is 64.2 Å². The number of halogens is 1. The van der Waals surface area contributed by atoms with Gasteiger partial charge in [-0.25, -0.2) is 4.39 Å². The summed E-state index contributed by atoms with van der Waals surface area (Å²) in [6.45, 7) is 11.4. The van der Waals surface area contributed by atoms with Gasteiger partial charge in [0.05, 0.1) is 6.04 Å². The Morgan fingerprint density at radius 3 is 2.50 bits per heavy atom. The molecule has 0 aliphatic carbocycles. The molecule has 1 fully saturated rings. The lowest BCUT2D eigenvalue weighted by atomic mass is 9.95. The van der Waals surface area contributed by atoms with E-state index >= 15 is 0 Å².